The quantitative estimate of drug-likeness (QED) is 0.849. The molecule has 0 heterocycles. The molecule has 0 fully saturated rings. The second-order valence-corrected chi connectivity index (χ2v) is 5.72. The Balaban J connectivity index is 3.56. The van der Waals surface area contributed by atoms with Crippen LogP contribution < -0.4 is 0 Å². The molecular formula is C10H13FO3S. The molecule has 84 valence electrons. The van der Waals surface area contributed by atoms with E-state index in [1.165, 1.54) is 6.07 Å². The van der Waals surface area contributed by atoms with Gasteiger partial charge in [0.15, 0.2) is 9.84 Å². The van der Waals surface area contributed by atoms with E-state index >= 15 is 0 Å². The van der Waals surface area contributed by atoms with E-state index in [4.69, 9.17) is 0 Å². The Morgan fingerprint density at radius 1 is 1.33 bits per heavy atom. The maximum atomic E-state index is 13.7. The van der Waals surface area contributed by atoms with Gasteiger partial charge in [-0.25, -0.2) is 12.8 Å². The summed E-state index contributed by atoms with van der Waals surface area (Å²) in [5.74, 6) is -1.34. The minimum absolute atomic E-state index is 0.0397. The summed E-state index contributed by atoms with van der Waals surface area (Å²) in [6.07, 6.45) is 0.937. The molecule has 0 aliphatic carbocycles. The largest absolute Gasteiger partial charge is 0.508 e. The number of phenols is 1. The summed E-state index contributed by atoms with van der Waals surface area (Å²) in [4.78, 5) is -0.371. The monoisotopic (exact) mass is 232 g/mol. The zero-order valence-corrected chi connectivity index (χ0v) is 9.60. The van der Waals surface area contributed by atoms with Crippen LogP contribution >= 0.6 is 0 Å². The number of sulfone groups is 1. The van der Waals surface area contributed by atoms with Crippen molar-refractivity contribution in [3.05, 3.63) is 23.5 Å². The molecule has 1 aromatic carbocycles. The normalized spacial score (nSPS) is 12.1. The molecule has 1 rings (SSSR count). The van der Waals surface area contributed by atoms with Gasteiger partial charge in [0.05, 0.1) is 0 Å². The molecule has 0 bridgehead atoms. The van der Waals surface area contributed by atoms with Gasteiger partial charge in [0.25, 0.3) is 0 Å². The Bertz CT molecular complexity index is 478. The van der Waals surface area contributed by atoms with Crippen molar-refractivity contribution in [3.63, 3.8) is 0 Å². The van der Waals surface area contributed by atoms with Gasteiger partial charge >= 0.3 is 0 Å². The van der Waals surface area contributed by atoms with Crippen LogP contribution in [0.25, 0.3) is 0 Å². The molecule has 0 aliphatic rings. The number of hydrogen-bond donors (Lipinski definition) is 1. The fraction of sp³-hybridized carbons (Fsp3) is 0.400. The highest BCUT2D eigenvalue weighted by molar-refractivity contribution is 7.90. The topological polar surface area (TPSA) is 54.4 Å². The highest BCUT2D eigenvalue weighted by Gasteiger charge is 2.21. The summed E-state index contributed by atoms with van der Waals surface area (Å²) in [6, 6.07) is 2.28. The number of hydrogen-bond acceptors (Lipinski definition) is 3. The molecule has 3 nitrogen and oxygen atoms in total. The molecule has 0 saturated heterocycles. The second-order valence-electron chi connectivity index (χ2n) is 3.74. The van der Waals surface area contributed by atoms with Crippen molar-refractivity contribution in [2.24, 2.45) is 0 Å². The maximum Gasteiger partial charge on any atom is 0.178 e. The van der Waals surface area contributed by atoms with E-state index < -0.39 is 15.7 Å². The van der Waals surface area contributed by atoms with Crippen LogP contribution in [0.1, 0.15) is 25.3 Å². The summed E-state index contributed by atoms with van der Waals surface area (Å²) < 4.78 is 36.2. The Kier molecular flexibility index (Phi) is 3.04. The molecule has 0 atom stereocenters. The average Bonchev–Trinajstić information content (AvgIpc) is 2.00. The number of benzene rings is 1. The molecule has 0 unspecified atom stereocenters. The smallest absolute Gasteiger partial charge is 0.178 e. The third-order valence-electron chi connectivity index (χ3n) is 2.10. The first kappa shape index (κ1) is 12.0. The molecule has 0 aromatic heterocycles. The summed E-state index contributed by atoms with van der Waals surface area (Å²) in [6.45, 7) is 3.37. The number of rotatable bonds is 2. The van der Waals surface area contributed by atoms with E-state index in [1.54, 1.807) is 13.8 Å². The van der Waals surface area contributed by atoms with Gasteiger partial charge in [-0.05, 0) is 18.1 Å². The molecule has 5 heteroatoms. The van der Waals surface area contributed by atoms with Gasteiger partial charge in [0.1, 0.15) is 16.5 Å². The van der Waals surface area contributed by atoms with E-state index in [-0.39, 0.29) is 22.1 Å². The van der Waals surface area contributed by atoms with Crippen molar-refractivity contribution in [1.82, 2.24) is 0 Å². The first-order chi connectivity index (χ1) is 6.75. The van der Waals surface area contributed by atoms with E-state index in [0.29, 0.717) is 0 Å². The van der Waals surface area contributed by atoms with Crippen LogP contribution in [-0.2, 0) is 9.84 Å². The lowest BCUT2D eigenvalue weighted by Gasteiger charge is -2.11. The van der Waals surface area contributed by atoms with Crippen LogP contribution in [0.3, 0.4) is 0 Å². The SMILES string of the molecule is CC(C)c1c(O)ccc(S(C)(=O)=O)c1F. The predicted octanol–water partition coefficient (Wildman–Crippen LogP) is 2.06. The molecule has 0 amide bonds. The molecule has 1 aromatic rings. The van der Waals surface area contributed by atoms with E-state index in [1.807, 2.05) is 0 Å². The zero-order valence-electron chi connectivity index (χ0n) is 8.78. The van der Waals surface area contributed by atoms with Crippen molar-refractivity contribution in [2.45, 2.75) is 24.7 Å². The van der Waals surface area contributed by atoms with Crippen molar-refractivity contribution in [1.29, 1.82) is 0 Å². The van der Waals surface area contributed by atoms with Crippen LogP contribution in [0.2, 0.25) is 0 Å². The predicted molar refractivity (Wildman–Crippen MR) is 55.3 cm³/mol. The first-order valence-corrected chi connectivity index (χ1v) is 6.35. The van der Waals surface area contributed by atoms with Crippen LogP contribution in [0.4, 0.5) is 4.39 Å². The lowest BCUT2D eigenvalue weighted by atomic mass is 10.0. The first-order valence-electron chi connectivity index (χ1n) is 4.46. The van der Waals surface area contributed by atoms with Gasteiger partial charge in [-0.1, -0.05) is 13.8 Å². The van der Waals surface area contributed by atoms with Crippen LogP contribution in [-0.4, -0.2) is 19.8 Å². The Morgan fingerprint density at radius 3 is 2.27 bits per heavy atom. The summed E-state index contributed by atoms with van der Waals surface area (Å²) in [7, 11) is -3.59. The summed E-state index contributed by atoms with van der Waals surface area (Å²) >= 11 is 0. The lowest BCUT2D eigenvalue weighted by molar-refractivity contribution is 0.449. The Morgan fingerprint density at radius 2 is 1.87 bits per heavy atom. The Hall–Kier alpha value is -1.10. The van der Waals surface area contributed by atoms with Gasteiger partial charge in [-0.2, -0.15) is 0 Å². The van der Waals surface area contributed by atoms with E-state index in [9.17, 15) is 17.9 Å². The molecule has 0 spiro atoms. The van der Waals surface area contributed by atoms with Gasteiger partial charge in [-0.15, -0.1) is 0 Å². The molecule has 1 N–H and O–H groups in total. The van der Waals surface area contributed by atoms with Gasteiger partial charge in [0, 0.05) is 11.8 Å². The number of phenolic OH excluding ortho intramolecular Hbond substituents is 1. The molecule has 15 heavy (non-hydrogen) atoms. The third-order valence-corrected chi connectivity index (χ3v) is 3.21. The average molecular weight is 232 g/mol. The summed E-state index contributed by atoms with van der Waals surface area (Å²) in [5.41, 5.74) is 0.0397. The second kappa shape index (κ2) is 3.81. The Labute approximate surface area is 88.5 Å². The van der Waals surface area contributed by atoms with Gasteiger partial charge in [-0.3, -0.25) is 0 Å². The fourth-order valence-corrected chi connectivity index (χ4v) is 2.15. The lowest BCUT2D eigenvalue weighted by Crippen LogP contribution is -2.05. The molecule has 0 saturated carbocycles. The van der Waals surface area contributed by atoms with Crippen molar-refractivity contribution in [2.75, 3.05) is 6.26 Å². The fourth-order valence-electron chi connectivity index (χ4n) is 1.40. The minimum Gasteiger partial charge on any atom is -0.508 e. The molecule has 0 aliphatic heterocycles. The van der Waals surface area contributed by atoms with Crippen molar-refractivity contribution >= 4 is 9.84 Å². The number of halogens is 1. The van der Waals surface area contributed by atoms with E-state index in [2.05, 4.69) is 0 Å². The minimum atomic E-state index is -3.59. The standard InChI is InChI=1S/C10H13FO3S/c1-6(2)9-7(12)4-5-8(10(9)11)15(3,13)14/h4-6,12H,1-3H3. The molecule has 0 radical (unpaired) electrons. The maximum absolute atomic E-state index is 13.7. The van der Waals surface area contributed by atoms with E-state index in [0.717, 1.165) is 12.3 Å². The van der Waals surface area contributed by atoms with Crippen LogP contribution in [0.5, 0.6) is 5.75 Å². The zero-order chi connectivity index (χ0) is 11.8. The van der Waals surface area contributed by atoms with Gasteiger partial charge < -0.3 is 5.11 Å². The van der Waals surface area contributed by atoms with Crippen molar-refractivity contribution < 1.29 is 17.9 Å². The van der Waals surface area contributed by atoms with Crippen LogP contribution in [0, 0.1) is 5.82 Å². The van der Waals surface area contributed by atoms with Crippen LogP contribution in [0.15, 0.2) is 17.0 Å². The number of aromatic hydroxyl groups is 1. The van der Waals surface area contributed by atoms with Gasteiger partial charge in [0.2, 0.25) is 0 Å². The highest BCUT2D eigenvalue weighted by Crippen LogP contribution is 2.31. The third kappa shape index (κ3) is 2.28. The van der Waals surface area contributed by atoms with Crippen molar-refractivity contribution in [3.8, 4) is 5.75 Å². The summed E-state index contributed by atoms with van der Waals surface area (Å²) in [5, 5.41) is 9.42. The molecular weight excluding hydrogens is 219 g/mol. The highest BCUT2D eigenvalue weighted by atomic mass is 32.2.